The lowest BCUT2D eigenvalue weighted by atomic mass is 9.95. The van der Waals surface area contributed by atoms with Crippen LogP contribution < -0.4 is 16.8 Å². The molecule has 0 aromatic rings. The molecule has 0 aromatic heterocycles. The van der Waals surface area contributed by atoms with E-state index in [2.05, 4.69) is 5.32 Å². The molecular formula is C10H18N4O. The highest BCUT2D eigenvalue weighted by molar-refractivity contribution is 6.18. The van der Waals surface area contributed by atoms with Crippen LogP contribution in [0.5, 0.6) is 0 Å². The molecule has 1 aliphatic carbocycles. The molecular weight excluding hydrogens is 192 g/mol. The topological polar surface area (TPSA) is 105 Å². The summed E-state index contributed by atoms with van der Waals surface area (Å²) in [7, 11) is 0. The van der Waals surface area contributed by atoms with E-state index in [0.29, 0.717) is 6.04 Å². The van der Waals surface area contributed by atoms with Crippen molar-refractivity contribution in [2.45, 2.75) is 38.1 Å². The number of amidine groups is 1. The van der Waals surface area contributed by atoms with Crippen LogP contribution in [0.3, 0.4) is 0 Å². The minimum Gasteiger partial charge on any atom is -0.387 e. The van der Waals surface area contributed by atoms with Crippen LogP contribution in [0.25, 0.3) is 0 Å². The largest absolute Gasteiger partial charge is 0.387 e. The smallest absolute Gasteiger partial charge is 0.253 e. The Kier molecular flexibility index (Phi) is 4.15. The van der Waals surface area contributed by atoms with Crippen molar-refractivity contribution in [2.24, 2.45) is 11.5 Å². The molecule has 0 aromatic carbocycles. The van der Waals surface area contributed by atoms with Crippen LogP contribution in [0.15, 0.2) is 11.8 Å². The first-order chi connectivity index (χ1) is 7.11. The van der Waals surface area contributed by atoms with Gasteiger partial charge in [0, 0.05) is 12.2 Å². The summed E-state index contributed by atoms with van der Waals surface area (Å²) in [5.41, 5.74) is 10.4. The average Bonchev–Trinajstić information content (AvgIpc) is 2.18. The predicted molar refractivity (Wildman–Crippen MR) is 59.2 cm³/mol. The molecule has 84 valence electrons. The first-order valence-corrected chi connectivity index (χ1v) is 5.21. The van der Waals surface area contributed by atoms with E-state index in [-0.39, 0.29) is 11.4 Å². The van der Waals surface area contributed by atoms with Crippen molar-refractivity contribution in [1.29, 1.82) is 5.41 Å². The Labute approximate surface area is 89.4 Å². The van der Waals surface area contributed by atoms with Gasteiger partial charge in [0.1, 0.15) is 5.84 Å². The zero-order chi connectivity index (χ0) is 11.3. The first-order valence-electron chi connectivity index (χ1n) is 5.21. The molecule has 0 saturated heterocycles. The van der Waals surface area contributed by atoms with Gasteiger partial charge in [0.15, 0.2) is 0 Å². The zero-order valence-corrected chi connectivity index (χ0v) is 8.75. The maximum Gasteiger partial charge on any atom is 0.253 e. The molecule has 0 atom stereocenters. The first kappa shape index (κ1) is 11.6. The van der Waals surface area contributed by atoms with Gasteiger partial charge in [-0.25, -0.2) is 0 Å². The molecule has 0 radical (unpaired) electrons. The molecule has 15 heavy (non-hydrogen) atoms. The van der Waals surface area contributed by atoms with Crippen molar-refractivity contribution in [3.63, 3.8) is 0 Å². The van der Waals surface area contributed by atoms with Gasteiger partial charge in [0.2, 0.25) is 0 Å². The van der Waals surface area contributed by atoms with Crippen LogP contribution in [0.2, 0.25) is 0 Å². The highest BCUT2D eigenvalue weighted by Gasteiger charge is 2.13. The number of nitrogens with one attached hydrogen (secondary N) is 2. The van der Waals surface area contributed by atoms with Gasteiger partial charge in [0.25, 0.3) is 5.91 Å². The molecule has 0 bridgehead atoms. The Balaban J connectivity index is 2.52. The van der Waals surface area contributed by atoms with E-state index in [0.717, 1.165) is 12.8 Å². The van der Waals surface area contributed by atoms with Crippen LogP contribution in [-0.4, -0.2) is 17.8 Å². The zero-order valence-electron chi connectivity index (χ0n) is 8.75. The fourth-order valence-electron chi connectivity index (χ4n) is 1.75. The van der Waals surface area contributed by atoms with Crippen LogP contribution in [-0.2, 0) is 4.79 Å². The highest BCUT2D eigenvalue weighted by Crippen LogP contribution is 2.17. The lowest BCUT2D eigenvalue weighted by Crippen LogP contribution is -2.31. The maximum atomic E-state index is 10.9. The molecule has 0 unspecified atom stereocenters. The number of carbonyl (C=O) groups excluding carboxylic acids is 1. The summed E-state index contributed by atoms with van der Waals surface area (Å²) in [5, 5.41) is 10.3. The Morgan fingerprint density at radius 2 is 1.87 bits per heavy atom. The molecule has 1 amide bonds. The second-order valence-electron chi connectivity index (χ2n) is 3.84. The van der Waals surface area contributed by atoms with Crippen molar-refractivity contribution in [3.05, 3.63) is 11.8 Å². The van der Waals surface area contributed by atoms with Crippen LogP contribution in [0, 0.1) is 5.41 Å². The van der Waals surface area contributed by atoms with Crippen molar-refractivity contribution in [1.82, 2.24) is 5.32 Å². The van der Waals surface area contributed by atoms with Crippen molar-refractivity contribution in [2.75, 3.05) is 0 Å². The van der Waals surface area contributed by atoms with Crippen LogP contribution >= 0.6 is 0 Å². The summed E-state index contributed by atoms with van der Waals surface area (Å²) in [6.45, 7) is 0. The van der Waals surface area contributed by atoms with Gasteiger partial charge in [-0.3, -0.25) is 10.2 Å². The number of rotatable bonds is 4. The van der Waals surface area contributed by atoms with Crippen LogP contribution in [0.1, 0.15) is 32.1 Å². The second kappa shape index (κ2) is 5.38. The molecule has 1 aliphatic rings. The van der Waals surface area contributed by atoms with Crippen molar-refractivity contribution in [3.8, 4) is 0 Å². The van der Waals surface area contributed by atoms with E-state index < -0.39 is 5.91 Å². The summed E-state index contributed by atoms with van der Waals surface area (Å²) < 4.78 is 0. The molecule has 6 N–H and O–H groups in total. The number of amides is 1. The van der Waals surface area contributed by atoms with Crippen molar-refractivity contribution < 1.29 is 4.79 Å². The predicted octanol–water partition coefficient (Wildman–Crippen LogP) is 0.214. The molecule has 0 spiro atoms. The van der Waals surface area contributed by atoms with E-state index in [1.54, 1.807) is 0 Å². The van der Waals surface area contributed by atoms with Gasteiger partial charge in [-0.05, 0) is 12.8 Å². The summed E-state index contributed by atoms with van der Waals surface area (Å²) in [6.07, 6.45) is 7.35. The third-order valence-corrected chi connectivity index (χ3v) is 2.62. The monoisotopic (exact) mass is 210 g/mol. The third-order valence-electron chi connectivity index (χ3n) is 2.62. The van der Waals surface area contributed by atoms with E-state index in [9.17, 15) is 4.79 Å². The average molecular weight is 210 g/mol. The standard InChI is InChI=1S/C10H18N4O/c11-9(12)8(10(13)15)6-14-7-4-2-1-3-5-7/h6-7,14H,1-5H2,(H3,11,12)(H2,13,15)/b8-6+. The van der Waals surface area contributed by atoms with Crippen molar-refractivity contribution >= 4 is 11.7 Å². The Hall–Kier alpha value is -1.52. The number of carbonyl (C=O) groups is 1. The van der Waals surface area contributed by atoms with Gasteiger partial charge in [-0.2, -0.15) is 0 Å². The fourth-order valence-corrected chi connectivity index (χ4v) is 1.75. The van der Waals surface area contributed by atoms with E-state index in [1.807, 2.05) is 0 Å². The van der Waals surface area contributed by atoms with Gasteiger partial charge in [-0.1, -0.05) is 19.3 Å². The number of nitrogens with two attached hydrogens (primary N) is 2. The normalized spacial score (nSPS) is 18.5. The molecule has 0 heterocycles. The maximum absolute atomic E-state index is 10.9. The molecule has 5 nitrogen and oxygen atoms in total. The summed E-state index contributed by atoms with van der Waals surface area (Å²) in [4.78, 5) is 10.9. The molecule has 1 rings (SSSR count). The second-order valence-corrected chi connectivity index (χ2v) is 3.84. The number of primary amides is 1. The molecule has 0 aliphatic heterocycles. The third kappa shape index (κ3) is 3.61. The number of hydrogen-bond donors (Lipinski definition) is 4. The highest BCUT2D eigenvalue weighted by atomic mass is 16.1. The van der Waals surface area contributed by atoms with Crippen LogP contribution in [0.4, 0.5) is 0 Å². The fraction of sp³-hybridized carbons (Fsp3) is 0.600. The quantitative estimate of drug-likeness (QED) is 0.303. The minimum atomic E-state index is -0.661. The Morgan fingerprint density at radius 3 is 2.33 bits per heavy atom. The van der Waals surface area contributed by atoms with Gasteiger partial charge in [0.05, 0.1) is 5.57 Å². The van der Waals surface area contributed by atoms with Gasteiger partial charge >= 0.3 is 0 Å². The number of hydrogen-bond acceptors (Lipinski definition) is 3. The summed E-state index contributed by atoms with van der Waals surface area (Å²) >= 11 is 0. The Bertz CT molecular complexity index is 263. The molecule has 1 saturated carbocycles. The lowest BCUT2D eigenvalue weighted by molar-refractivity contribution is -0.114. The van der Waals surface area contributed by atoms with E-state index in [4.69, 9.17) is 16.9 Å². The van der Waals surface area contributed by atoms with E-state index >= 15 is 0 Å². The summed E-state index contributed by atoms with van der Waals surface area (Å²) in [6, 6.07) is 0.382. The lowest BCUT2D eigenvalue weighted by Gasteiger charge is -2.22. The van der Waals surface area contributed by atoms with Gasteiger partial charge in [-0.15, -0.1) is 0 Å². The minimum absolute atomic E-state index is 0.0561. The molecule has 5 heteroatoms. The molecule has 1 fully saturated rings. The van der Waals surface area contributed by atoms with Gasteiger partial charge < -0.3 is 16.8 Å². The summed E-state index contributed by atoms with van der Waals surface area (Å²) in [5.74, 6) is -0.948. The van der Waals surface area contributed by atoms with E-state index in [1.165, 1.54) is 25.5 Å². The Morgan fingerprint density at radius 1 is 1.27 bits per heavy atom. The SMILES string of the molecule is N=C(N)/C(=C\NC1CCCCC1)C(N)=O.